The van der Waals surface area contributed by atoms with Gasteiger partial charge < -0.3 is 0 Å². The number of allylic oxidation sites excluding steroid dienone is 1. The Morgan fingerprint density at radius 1 is 1.47 bits per heavy atom. The molecule has 0 saturated carbocycles. The Bertz CT molecular complexity index is 450. The van der Waals surface area contributed by atoms with Crippen molar-refractivity contribution in [2.24, 2.45) is 0 Å². The molecule has 0 aromatic carbocycles. The fraction of sp³-hybridized carbons (Fsp3) is 0.333. The Hall–Kier alpha value is -1.65. The summed E-state index contributed by atoms with van der Waals surface area (Å²) >= 11 is 0. The van der Waals surface area contributed by atoms with Crippen LogP contribution in [-0.2, 0) is 6.18 Å². The van der Waals surface area contributed by atoms with Gasteiger partial charge in [0.2, 0.25) is 0 Å². The third-order valence-corrected chi connectivity index (χ3v) is 2.11. The van der Waals surface area contributed by atoms with E-state index in [9.17, 15) is 18.0 Å². The van der Waals surface area contributed by atoms with Crippen LogP contribution in [0.25, 0.3) is 6.08 Å². The molecule has 0 aliphatic heterocycles. The van der Waals surface area contributed by atoms with Crippen molar-refractivity contribution in [2.45, 2.75) is 26.4 Å². The molecule has 0 spiro atoms. The van der Waals surface area contributed by atoms with Gasteiger partial charge in [-0.05, 0) is 12.5 Å². The van der Waals surface area contributed by atoms with E-state index in [1.807, 2.05) is 6.92 Å². The van der Waals surface area contributed by atoms with Gasteiger partial charge in [0.05, 0.1) is 5.56 Å². The topological polar surface area (TPSA) is 30.0 Å². The molecule has 0 bridgehead atoms. The van der Waals surface area contributed by atoms with Gasteiger partial charge in [-0.3, -0.25) is 9.78 Å². The zero-order valence-electron chi connectivity index (χ0n) is 9.51. The smallest absolute Gasteiger partial charge is 0.293 e. The molecule has 0 aliphatic rings. The number of alkyl halides is 3. The summed E-state index contributed by atoms with van der Waals surface area (Å²) < 4.78 is 37.4. The molecule has 17 heavy (non-hydrogen) atoms. The molecule has 0 N–H and O–H groups in total. The van der Waals surface area contributed by atoms with Crippen molar-refractivity contribution >= 4 is 11.9 Å². The van der Waals surface area contributed by atoms with Crippen molar-refractivity contribution in [1.82, 2.24) is 4.98 Å². The molecule has 0 fully saturated rings. The molecule has 0 saturated heterocycles. The summed E-state index contributed by atoms with van der Waals surface area (Å²) in [5.41, 5.74) is -0.588. The third-order valence-electron chi connectivity index (χ3n) is 2.11. The molecule has 1 heterocycles. The number of carbonyl (C=O) groups is 1. The van der Waals surface area contributed by atoms with Crippen LogP contribution < -0.4 is 0 Å². The zero-order chi connectivity index (χ0) is 13.1. The first kappa shape index (κ1) is 13.4. The van der Waals surface area contributed by atoms with Crippen LogP contribution in [0.5, 0.6) is 0 Å². The second-order valence-electron chi connectivity index (χ2n) is 3.53. The standard InChI is InChI=1S/C12H12F3NO/c1-3-4-5-9-6-10(12(13,14)15)7-16-11(9)8(2)17/h4-7H,3H2,1-2H3/b5-4+. The summed E-state index contributed by atoms with van der Waals surface area (Å²) in [5.74, 6) is -0.352. The lowest BCUT2D eigenvalue weighted by Gasteiger charge is -2.08. The fourth-order valence-corrected chi connectivity index (χ4v) is 1.30. The van der Waals surface area contributed by atoms with E-state index in [1.165, 1.54) is 13.0 Å². The summed E-state index contributed by atoms with van der Waals surface area (Å²) in [7, 11) is 0. The Labute approximate surface area is 97.2 Å². The van der Waals surface area contributed by atoms with E-state index in [2.05, 4.69) is 4.98 Å². The first-order chi connectivity index (χ1) is 7.86. The van der Waals surface area contributed by atoms with E-state index in [-0.39, 0.29) is 17.0 Å². The Balaban J connectivity index is 3.29. The Kier molecular flexibility index (Phi) is 4.04. The van der Waals surface area contributed by atoms with Crippen LogP contribution in [0.3, 0.4) is 0 Å². The van der Waals surface area contributed by atoms with Gasteiger partial charge in [-0.2, -0.15) is 13.2 Å². The van der Waals surface area contributed by atoms with Gasteiger partial charge in [0.15, 0.2) is 5.78 Å². The molecule has 0 aliphatic carbocycles. The maximum absolute atomic E-state index is 12.5. The monoisotopic (exact) mass is 243 g/mol. The van der Waals surface area contributed by atoms with E-state index in [0.717, 1.165) is 6.07 Å². The first-order valence-electron chi connectivity index (χ1n) is 5.11. The van der Waals surface area contributed by atoms with Gasteiger partial charge in [-0.25, -0.2) is 0 Å². The minimum Gasteiger partial charge on any atom is -0.293 e. The number of carbonyl (C=O) groups excluding carboxylic acids is 1. The summed E-state index contributed by atoms with van der Waals surface area (Å²) in [6.45, 7) is 3.13. The highest BCUT2D eigenvalue weighted by Gasteiger charge is 2.31. The molecule has 0 amide bonds. The second kappa shape index (κ2) is 5.12. The van der Waals surface area contributed by atoms with E-state index < -0.39 is 11.7 Å². The van der Waals surface area contributed by atoms with Crippen LogP contribution in [0.4, 0.5) is 13.2 Å². The van der Waals surface area contributed by atoms with Gasteiger partial charge in [-0.15, -0.1) is 0 Å². The lowest BCUT2D eigenvalue weighted by molar-refractivity contribution is -0.137. The first-order valence-corrected chi connectivity index (χ1v) is 5.11. The number of pyridine rings is 1. The number of Topliss-reactive ketones (excluding diaryl/α,β-unsaturated/α-hetero) is 1. The van der Waals surface area contributed by atoms with Crippen LogP contribution in [0.2, 0.25) is 0 Å². The molecular weight excluding hydrogens is 231 g/mol. The average molecular weight is 243 g/mol. The van der Waals surface area contributed by atoms with Crippen LogP contribution in [0.1, 0.15) is 41.9 Å². The van der Waals surface area contributed by atoms with Crippen LogP contribution >= 0.6 is 0 Å². The maximum atomic E-state index is 12.5. The molecule has 1 aromatic rings. The van der Waals surface area contributed by atoms with Crippen molar-refractivity contribution in [3.05, 3.63) is 35.2 Å². The zero-order valence-corrected chi connectivity index (χ0v) is 9.51. The summed E-state index contributed by atoms with van der Waals surface area (Å²) in [5, 5.41) is 0. The minimum atomic E-state index is -4.45. The van der Waals surface area contributed by atoms with Crippen molar-refractivity contribution in [2.75, 3.05) is 0 Å². The minimum absolute atomic E-state index is 0.0581. The van der Waals surface area contributed by atoms with Crippen LogP contribution in [0, 0.1) is 0 Å². The average Bonchev–Trinajstić information content (AvgIpc) is 2.24. The molecule has 5 heteroatoms. The summed E-state index contributed by atoms with van der Waals surface area (Å²) in [6, 6.07) is 0.940. The van der Waals surface area contributed by atoms with E-state index in [1.54, 1.807) is 6.08 Å². The molecule has 0 radical (unpaired) electrons. The van der Waals surface area contributed by atoms with Crippen LogP contribution in [-0.4, -0.2) is 10.8 Å². The largest absolute Gasteiger partial charge is 0.417 e. The fourth-order valence-electron chi connectivity index (χ4n) is 1.30. The molecule has 2 nitrogen and oxygen atoms in total. The van der Waals surface area contributed by atoms with E-state index >= 15 is 0 Å². The van der Waals surface area contributed by atoms with Gasteiger partial charge in [-0.1, -0.05) is 19.1 Å². The maximum Gasteiger partial charge on any atom is 0.417 e. The molecule has 0 atom stereocenters. The van der Waals surface area contributed by atoms with Gasteiger partial charge in [0, 0.05) is 18.7 Å². The number of nitrogens with zero attached hydrogens (tertiary/aromatic N) is 1. The van der Waals surface area contributed by atoms with Gasteiger partial charge >= 0.3 is 6.18 Å². The summed E-state index contributed by atoms with van der Waals surface area (Å²) in [4.78, 5) is 14.8. The number of ketones is 1. The highest BCUT2D eigenvalue weighted by molar-refractivity contribution is 5.95. The number of halogens is 3. The number of aromatic nitrogens is 1. The SMILES string of the molecule is CC/C=C/c1cc(C(F)(F)F)cnc1C(C)=O. The Morgan fingerprint density at radius 3 is 2.59 bits per heavy atom. The van der Waals surface area contributed by atoms with E-state index in [4.69, 9.17) is 0 Å². The molecule has 1 aromatic heterocycles. The predicted octanol–water partition coefficient (Wildman–Crippen LogP) is 3.73. The lowest BCUT2D eigenvalue weighted by atomic mass is 10.1. The highest BCUT2D eigenvalue weighted by Crippen LogP contribution is 2.30. The highest BCUT2D eigenvalue weighted by atomic mass is 19.4. The number of hydrogen-bond acceptors (Lipinski definition) is 2. The molecule has 92 valence electrons. The summed E-state index contributed by atoms with van der Waals surface area (Å²) in [6.07, 6.45) is 0.0767. The van der Waals surface area contributed by atoms with Crippen molar-refractivity contribution in [3.8, 4) is 0 Å². The van der Waals surface area contributed by atoms with E-state index in [0.29, 0.717) is 12.6 Å². The second-order valence-corrected chi connectivity index (χ2v) is 3.53. The normalized spacial score (nSPS) is 12.1. The molecule has 1 rings (SSSR count). The number of rotatable bonds is 3. The third kappa shape index (κ3) is 3.41. The van der Waals surface area contributed by atoms with Crippen molar-refractivity contribution in [1.29, 1.82) is 0 Å². The van der Waals surface area contributed by atoms with Gasteiger partial charge in [0.25, 0.3) is 0 Å². The van der Waals surface area contributed by atoms with Crippen molar-refractivity contribution in [3.63, 3.8) is 0 Å². The lowest BCUT2D eigenvalue weighted by Crippen LogP contribution is -2.09. The quantitative estimate of drug-likeness (QED) is 0.757. The Morgan fingerprint density at radius 2 is 2.12 bits per heavy atom. The number of hydrogen-bond donors (Lipinski definition) is 0. The molecular formula is C12H12F3NO. The van der Waals surface area contributed by atoms with Crippen LogP contribution in [0.15, 0.2) is 18.3 Å². The predicted molar refractivity (Wildman–Crippen MR) is 58.6 cm³/mol. The molecule has 0 unspecified atom stereocenters. The van der Waals surface area contributed by atoms with Gasteiger partial charge in [0.1, 0.15) is 5.69 Å². The van der Waals surface area contributed by atoms with Crippen molar-refractivity contribution < 1.29 is 18.0 Å².